The van der Waals surface area contributed by atoms with Crippen LogP contribution in [0.4, 0.5) is 0 Å². The Morgan fingerprint density at radius 2 is 2.26 bits per heavy atom. The van der Waals surface area contributed by atoms with Crippen LogP contribution in [0, 0.1) is 5.92 Å². The minimum Gasteiger partial charge on any atom is -0.265 e. The van der Waals surface area contributed by atoms with Gasteiger partial charge in [-0.3, -0.25) is 9.38 Å². The highest BCUT2D eigenvalue weighted by atomic mass is 32.1. The van der Waals surface area contributed by atoms with Gasteiger partial charge in [-0.1, -0.05) is 6.92 Å². The third-order valence-electron chi connectivity index (χ3n) is 4.62. The van der Waals surface area contributed by atoms with Crippen LogP contribution in [0.5, 0.6) is 0 Å². The number of aryl methyl sites for hydroxylation is 1. The molecule has 0 saturated carbocycles. The number of hydrogen-bond donors (Lipinski definition) is 0. The normalized spacial score (nSPS) is 17.7. The average Bonchev–Trinajstić information content (AvgIpc) is 3.15. The summed E-state index contributed by atoms with van der Waals surface area (Å²) >= 11 is 1.82. The summed E-state index contributed by atoms with van der Waals surface area (Å²) in [6.45, 7) is 2.33. The fourth-order valence-corrected chi connectivity index (χ4v) is 4.78. The van der Waals surface area contributed by atoms with Crippen LogP contribution in [0.15, 0.2) is 30.9 Å². The van der Waals surface area contributed by atoms with Crippen LogP contribution in [0.3, 0.4) is 0 Å². The Morgan fingerprint density at radius 1 is 1.30 bits per heavy atom. The van der Waals surface area contributed by atoms with Crippen molar-refractivity contribution in [1.82, 2.24) is 24.6 Å². The number of pyridine rings is 1. The molecule has 0 saturated heterocycles. The van der Waals surface area contributed by atoms with Crippen molar-refractivity contribution in [2.75, 3.05) is 0 Å². The van der Waals surface area contributed by atoms with Crippen molar-refractivity contribution in [3.63, 3.8) is 0 Å². The first-order valence-corrected chi connectivity index (χ1v) is 8.67. The van der Waals surface area contributed by atoms with Crippen LogP contribution < -0.4 is 0 Å². The topological polar surface area (TPSA) is 56.0 Å². The molecule has 23 heavy (non-hydrogen) atoms. The molecule has 0 amide bonds. The fraction of sp³-hybridized carbons (Fsp3) is 0.294. The maximum Gasteiger partial charge on any atom is 0.172 e. The first-order chi connectivity index (χ1) is 11.3. The lowest BCUT2D eigenvalue weighted by Gasteiger charge is -2.17. The summed E-state index contributed by atoms with van der Waals surface area (Å²) < 4.78 is 1.99. The number of aromatic nitrogens is 5. The molecule has 0 radical (unpaired) electrons. The zero-order valence-electron chi connectivity index (χ0n) is 12.7. The van der Waals surface area contributed by atoms with Gasteiger partial charge in [0.15, 0.2) is 11.5 Å². The van der Waals surface area contributed by atoms with E-state index in [4.69, 9.17) is 0 Å². The molecule has 4 heterocycles. The van der Waals surface area contributed by atoms with Gasteiger partial charge >= 0.3 is 0 Å². The molecule has 6 heteroatoms. The zero-order valence-corrected chi connectivity index (χ0v) is 13.5. The van der Waals surface area contributed by atoms with Crippen molar-refractivity contribution < 1.29 is 0 Å². The van der Waals surface area contributed by atoms with Crippen molar-refractivity contribution >= 4 is 27.2 Å². The molecular formula is C17H15N5S. The summed E-state index contributed by atoms with van der Waals surface area (Å²) in [6.07, 6.45) is 8.93. The maximum atomic E-state index is 4.68. The van der Waals surface area contributed by atoms with Crippen LogP contribution in [-0.2, 0) is 12.8 Å². The van der Waals surface area contributed by atoms with E-state index in [1.807, 2.05) is 40.4 Å². The smallest absolute Gasteiger partial charge is 0.172 e. The van der Waals surface area contributed by atoms with Crippen LogP contribution in [0.25, 0.3) is 27.3 Å². The van der Waals surface area contributed by atoms with Crippen molar-refractivity contribution in [2.24, 2.45) is 5.92 Å². The van der Waals surface area contributed by atoms with Gasteiger partial charge in [0.2, 0.25) is 0 Å². The lowest BCUT2D eigenvalue weighted by Crippen LogP contribution is -2.08. The highest BCUT2D eigenvalue weighted by Gasteiger charge is 2.23. The number of hydrogen-bond acceptors (Lipinski definition) is 5. The molecule has 0 aliphatic heterocycles. The van der Waals surface area contributed by atoms with E-state index in [-0.39, 0.29) is 0 Å². The zero-order chi connectivity index (χ0) is 15.4. The molecule has 0 spiro atoms. The van der Waals surface area contributed by atoms with E-state index in [1.54, 1.807) is 6.20 Å². The van der Waals surface area contributed by atoms with Crippen LogP contribution in [0.1, 0.15) is 23.8 Å². The molecule has 1 unspecified atom stereocenters. The van der Waals surface area contributed by atoms with Gasteiger partial charge < -0.3 is 0 Å². The monoisotopic (exact) mass is 321 g/mol. The van der Waals surface area contributed by atoms with Gasteiger partial charge in [-0.25, -0.2) is 4.98 Å². The molecule has 4 aromatic rings. The summed E-state index contributed by atoms with van der Waals surface area (Å²) in [5.74, 6) is 1.56. The SMILES string of the molecule is CC1CCc2c(sc3ncn4c(-c5cccnc5)nnc4c23)C1. The minimum atomic E-state index is 0.760. The van der Waals surface area contributed by atoms with Crippen molar-refractivity contribution in [2.45, 2.75) is 26.2 Å². The Hall–Kier alpha value is -2.34. The Morgan fingerprint density at radius 3 is 3.13 bits per heavy atom. The lowest BCUT2D eigenvalue weighted by molar-refractivity contribution is 0.509. The standard InChI is InChI=1S/C17H15N5S/c1-10-4-5-12-13(7-10)23-17-14(12)16-21-20-15(22(16)9-19-17)11-3-2-6-18-8-11/h2-3,6,8-10H,4-5,7H2,1H3. The fourth-order valence-electron chi connectivity index (χ4n) is 3.43. The predicted molar refractivity (Wildman–Crippen MR) is 90.6 cm³/mol. The Labute approximate surface area is 137 Å². The second kappa shape index (κ2) is 4.83. The van der Waals surface area contributed by atoms with Gasteiger partial charge in [0.05, 0.1) is 5.39 Å². The van der Waals surface area contributed by atoms with Crippen molar-refractivity contribution in [1.29, 1.82) is 0 Å². The van der Waals surface area contributed by atoms with E-state index in [0.717, 1.165) is 40.6 Å². The Balaban J connectivity index is 1.80. The van der Waals surface area contributed by atoms with Gasteiger partial charge in [0.25, 0.3) is 0 Å². The van der Waals surface area contributed by atoms with Gasteiger partial charge in [-0.2, -0.15) is 0 Å². The predicted octanol–water partition coefficient (Wildman–Crippen LogP) is 3.53. The van der Waals surface area contributed by atoms with Gasteiger partial charge in [-0.15, -0.1) is 21.5 Å². The third kappa shape index (κ3) is 1.91. The molecule has 5 nitrogen and oxygen atoms in total. The third-order valence-corrected chi connectivity index (χ3v) is 5.79. The highest BCUT2D eigenvalue weighted by Crippen LogP contribution is 2.39. The van der Waals surface area contributed by atoms with Gasteiger partial charge in [0, 0.05) is 22.8 Å². The molecule has 1 aliphatic rings. The first-order valence-electron chi connectivity index (χ1n) is 7.85. The van der Waals surface area contributed by atoms with Crippen LogP contribution >= 0.6 is 11.3 Å². The average molecular weight is 321 g/mol. The lowest BCUT2D eigenvalue weighted by atomic mass is 9.89. The van der Waals surface area contributed by atoms with E-state index in [9.17, 15) is 0 Å². The molecule has 0 aromatic carbocycles. The van der Waals surface area contributed by atoms with E-state index in [1.165, 1.54) is 22.2 Å². The van der Waals surface area contributed by atoms with Gasteiger partial charge in [0.1, 0.15) is 11.2 Å². The molecule has 0 N–H and O–H groups in total. The van der Waals surface area contributed by atoms with Crippen molar-refractivity contribution in [3.05, 3.63) is 41.3 Å². The highest BCUT2D eigenvalue weighted by molar-refractivity contribution is 7.19. The summed E-state index contributed by atoms with van der Waals surface area (Å²) in [5.41, 5.74) is 3.31. The summed E-state index contributed by atoms with van der Waals surface area (Å²) in [5, 5.41) is 10.1. The second-order valence-electron chi connectivity index (χ2n) is 6.24. The molecular weight excluding hydrogens is 306 g/mol. The number of thiophene rings is 1. The summed E-state index contributed by atoms with van der Waals surface area (Å²) in [4.78, 5) is 11.4. The molecule has 114 valence electrons. The summed E-state index contributed by atoms with van der Waals surface area (Å²) in [6, 6.07) is 3.91. The summed E-state index contributed by atoms with van der Waals surface area (Å²) in [7, 11) is 0. The van der Waals surface area contributed by atoms with E-state index in [2.05, 4.69) is 27.1 Å². The molecule has 4 aromatic heterocycles. The number of nitrogens with zero attached hydrogens (tertiary/aromatic N) is 5. The molecule has 0 fully saturated rings. The molecule has 1 atom stereocenters. The van der Waals surface area contributed by atoms with E-state index in [0.29, 0.717) is 0 Å². The van der Waals surface area contributed by atoms with E-state index >= 15 is 0 Å². The quantitative estimate of drug-likeness (QED) is 0.538. The molecule has 5 rings (SSSR count). The largest absolute Gasteiger partial charge is 0.265 e. The molecule has 0 bridgehead atoms. The van der Waals surface area contributed by atoms with Crippen LogP contribution in [-0.4, -0.2) is 24.6 Å². The van der Waals surface area contributed by atoms with Crippen LogP contribution in [0.2, 0.25) is 0 Å². The Bertz CT molecular complexity index is 1020. The van der Waals surface area contributed by atoms with E-state index < -0.39 is 0 Å². The maximum absolute atomic E-state index is 4.68. The number of rotatable bonds is 1. The number of fused-ring (bicyclic) bond motifs is 5. The second-order valence-corrected chi connectivity index (χ2v) is 7.32. The molecule has 1 aliphatic carbocycles. The Kier molecular flexibility index (Phi) is 2.76. The minimum absolute atomic E-state index is 0.760. The first kappa shape index (κ1) is 13.1. The van der Waals surface area contributed by atoms with Crippen molar-refractivity contribution in [3.8, 4) is 11.4 Å². The van der Waals surface area contributed by atoms with Gasteiger partial charge in [-0.05, 0) is 42.9 Å².